The molecule has 5 heteroatoms. The van der Waals surface area contributed by atoms with Crippen LogP contribution in [0, 0.1) is 6.92 Å². The number of phenolic OH excluding ortho intramolecular Hbond substituents is 1. The third-order valence-corrected chi connectivity index (χ3v) is 2.45. The lowest BCUT2D eigenvalue weighted by Crippen LogP contribution is -2.15. The van der Waals surface area contributed by atoms with Crippen molar-refractivity contribution in [1.82, 2.24) is 9.55 Å². The van der Waals surface area contributed by atoms with E-state index in [4.69, 9.17) is 0 Å². The van der Waals surface area contributed by atoms with Gasteiger partial charge in [-0.25, -0.2) is 4.98 Å². The summed E-state index contributed by atoms with van der Waals surface area (Å²) in [6, 6.07) is 5.08. The third-order valence-electron chi connectivity index (χ3n) is 2.45. The summed E-state index contributed by atoms with van der Waals surface area (Å²) >= 11 is 0. The van der Waals surface area contributed by atoms with Gasteiger partial charge in [0.2, 0.25) is 0 Å². The number of rotatable bonds is 2. The van der Waals surface area contributed by atoms with E-state index >= 15 is 0 Å². The van der Waals surface area contributed by atoms with Crippen molar-refractivity contribution < 1.29 is 9.90 Å². The molecular formula is C12H13N3O2. The number of aromatic nitrogens is 2. The van der Waals surface area contributed by atoms with Crippen molar-refractivity contribution in [3.63, 3.8) is 0 Å². The summed E-state index contributed by atoms with van der Waals surface area (Å²) in [5.74, 6) is -0.246. The highest BCUT2D eigenvalue weighted by Crippen LogP contribution is 2.24. The number of aryl methyl sites for hydroxylation is 2. The van der Waals surface area contributed by atoms with Crippen LogP contribution in [0.15, 0.2) is 30.7 Å². The molecule has 1 aromatic heterocycles. The lowest BCUT2D eigenvalue weighted by atomic mass is 10.2. The van der Waals surface area contributed by atoms with Crippen LogP contribution in [0.5, 0.6) is 5.75 Å². The van der Waals surface area contributed by atoms with Crippen molar-refractivity contribution in [1.29, 1.82) is 0 Å². The van der Waals surface area contributed by atoms with E-state index in [2.05, 4.69) is 10.3 Å². The molecule has 5 nitrogen and oxygen atoms in total. The van der Waals surface area contributed by atoms with Crippen LogP contribution in [0.2, 0.25) is 0 Å². The first-order valence-corrected chi connectivity index (χ1v) is 5.15. The maximum Gasteiger partial charge on any atom is 0.274 e. The predicted molar refractivity (Wildman–Crippen MR) is 64.0 cm³/mol. The Bertz CT molecular complexity index is 561. The molecule has 0 aliphatic carbocycles. The van der Waals surface area contributed by atoms with E-state index in [0.717, 1.165) is 5.56 Å². The van der Waals surface area contributed by atoms with Gasteiger partial charge in [0, 0.05) is 7.05 Å². The first-order chi connectivity index (χ1) is 8.08. The molecule has 1 heterocycles. The van der Waals surface area contributed by atoms with Gasteiger partial charge in [-0.05, 0) is 24.6 Å². The molecule has 0 aliphatic rings. The molecule has 0 saturated heterocycles. The highest BCUT2D eigenvalue weighted by molar-refractivity contribution is 6.03. The summed E-state index contributed by atoms with van der Waals surface area (Å²) in [5.41, 5.74) is 1.76. The molecule has 1 aromatic carbocycles. The minimum absolute atomic E-state index is 0.0560. The number of aromatic hydroxyl groups is 1. The SMILES string of the molecule is Cc1ccc(NC(=O)c2cncn2C)c(O)c1. The van der Waals surface area contributed by atoms with Crippen LogP contribution in [0.25, 0.3) is 0 Å². The number of imidazole rings is 1. The number of amides is 1. The number of anilines is 1. The van der Waals surface area contributed by atoms with Crippen LogP contribution in [-0.2, 0) is 7.05 Å². The zero-order valence-electron chi connectivity index (χ0n) is 9.64. The van der Waals surface area contributed by atoms with Gasteiger partial charge in [0.15, 0.2) is 0 Å². The molecule has 0 saturated carbocycles. The average Bonchev–Trinajstić information content (AvgIpc) is 2.68. The van der Waals surface area contributed by atoms with Crippen molar-refractivity contribution in [2.75, 3.05) is 5.32 Å². The molecule has 2 rings (SSSR count). The van der Waals surface area contributed by atoms with Crippen LogP contribution >= 0.6 is 0 Å². The van der Waals surface area contributed by atoms with Crippen molar-refractivity contribution >= 4 is 11.6 Å². The topological polar surface area (TPSA) is 67.2 Å². The summed E-state index contributed by atoms with van der Waals surface area (Å²) in [5, 5.41) is 12.3. The highest BCUT2D eigenvalue weighted by Gasteiger charge is 2.11. The largest absolute Gasteiger partial charge is 0.506 e. The van der Waals surface area contributed by atoms with Crippen molar-refractivity contribution in [3.8, 4) is 5.75 Å². The van der Waals surface area contributed by atoms with Gasteiger partial charge in [0.05, 0.1) is 18.2 Å². The summed E-state index contributed by atoms with van der Waals surface area (Å²) < 4.78 is 1.61. The molecule has 0 aliphatic heterocycles. The second-order valence-electron chi connectivity index (χ2n) is 3.86. The van der Waals surface area contributed by atoms with Gasteiger partial charge < -0.3 is 15.0 Å². The minimum Gasteiger partial charge on any atom is -0.506 e. The summed E-state index contributed by atoms with van der Waals surface area (Å²) in [4.78, 5) is 15.7. The van der Waals surface area contributed by atoms with Crippen molar-refractivity contribution in [2.24, 2.45) is 7.05 Å². The van der Waals surface area contributed by atoms with Gasteiger partial charge >= 0.3 is 0 Å². The molecule has 2 N–H and O–H groups in total. The monoisotopic (exact) mass is 231 g/mol. The summed E-state index contributed by atoms with van der Waals surface area (Å²) in [6.07, 6.45) is 3.02. The number of hydrogen-bond acceptors (Lipinski definition) is 3. The lowest BCUT2D eigenvalue weighted by molar-refractivity contribution is 0.101. The number of phenols is 1. The molecule has 0 unspecified atom stereocenters. The first kappa shape index (κ1) is 11.2. The normalized spacial score (nSPS) is 10.2. The third kappa shape index (κ3) is 2.28. The lowest BCUT2D eigenvalue weighted by Gasteiger charge is -2.07. The molecule has 0 bridgehead atoms. The quantitative estimate of drug-likeness (QED) is 0.773. The molecule has 0 atom stereocenters. The average molecular weight is 231 g/mol. The molecule has 0 radical (unpaired) electrons. The second-order valence-corrected chi connectivity index (χ2v) is 3.86. The van der Waals surface area contributed by atoms with E-state index in [9.17, 15) is 9.90 Å². The van der Waals surface area contributed by atoms with Crippen molar-refractivity contribution in [3.05, 3.63) is 42.0 Å². The number of hydrogen-bond donors (Lipinski definition) is 2. The van der Waals surface area contributed by atoms with E-state index in [0.29, 0.717) is 11.4 Å². The molecule has 1 amide bonds. The predicted octanol–water partition coefficient (Wildman–Crippen LogP) is 1.69. The fourth-order valence-electron chi connectivity index (χ4n) is 1.51. The van der Waals surface area contributed by atoms with Gasteiger partial charge in [-0.1, -0.05) is 6.07 Å². The number of nitrogens with one attached hydrogen (secondary N) is 1. The smallest absolute Gasteiger partial charge is 0.274 e. The van der Waals surface area contributed by atoms with Crippen LogP contribution < -0.4 is 5.32 Å². The molecule has 88 valence electrons. The van der Waals surface area contributed by atoms with E-state index in [1.807, 2.05) is 13.0 Å². The second kappa shape index (κ2) is 4.29. The molecule has 0 fully saturated rings. The van der Waals surface area contributed by atoms with E-state index < -0.39 is 0 Å². The Kier molecular flexibility index (Phi) is 2.82. The number of carbonyl (C=O) groups is 1. The Labute approximate surface area is 98.7 Å². The van der Waals surface area contributed by atoms with Gasteiger partial charge in [-0.3, -0.25) is 4.79 Å². The maximum atomic E-state index is 11.9. The van der Waals surface area contributed by atoms with E-state index in [1.165, 1.54) is 6.20 Å². The minimum atomic E-state index is -0.302. The molecule has 0 spiro atoms. The Morgan fingerprint density at radius 2 is 2.24 bits per heavy atom. The Morgan fingerprint density at radius 1 is 1.47 bits per heavy atom. The summed E-state index contributed by atoms with van der Waals surface area (Å²) in [6.45, 7) is 1.87. The van der Waals surface area contributed by atoms with E-state index in [-0.39, 0.29) is 11.7 Å². The Morgan fingerprint density at radius 3 is 2.82 bits per heavy atom. The number of carbonyl (C=O) groups excluding carboxylic acids is 1. The first-order valence-electron chi connectivity index (χ1n) is 5.15. The summed E-state index contributed by atoms with van der Waals surface area (Å²) in [7, 11) is 1.73. The number of benzene rings is 1. The number of nitrogens with zero attached hydrogens (tertiary/aromatic N) is 2. The van der Waals surface area contributed by atoms with Crippen LogP contribution in [0.4, 0.5) is 5.69 Å². The standard InChI is InChI=1S/C12H13N3O2/c1-8-3-4-9(11(16)5-8)14-12(17)10-6-13-7-15(10)2/h3-7,16H,1-2H3,(H,14,17). The van der Waals surface area contributed by atoms with Gasteiger partial charge in [0.1, 0.15) is 11.4 Å². The Hall–Kier alpha value is -2.30. The Balaban J connectivity index is 2.22. The molecular weight excluding hydrogens is 218 g/mol. The highest BCUT2D eigenvalue weighted by atomic mass is 16.3. The fraction of sp³-hybridized carbons (Fsp3) is 0.167. The van der Waals surface area contributed by atoms with Crippen LogP contribution in [0.3, 0.4) is 0 Å². The molecule has 17 heavy (non-hydrogen) atoms. The van der Waals surface area contributed by atoms with Crippen molar-refractivity contribution in [2.45, 2.75) is 6.92 Å². The van der Waals surface area contributed by atoms with Crippen LogP contribution in [-0.4, -0.2) is 20.6 Å². The van der Waals surface area contributed by atoms with Gasteiger partial charge in [-0.2, -0.15) is 0 Å². The zero-order valence-corrected chi connectivity index (χ0v) is 9.64. The van der Waals surface area contributed by atoms with Gasteiger partial charge in [-0.15, -0.1) is 0 Å². The molecule has 2 aromatic rings. The maximum absolute atomic E-state index is 11.9. The van der Waals surface area contributed by atoms with E-state index in [1.54, 1.807) is 30.1 Å². The van der Waals surface area contributed by atoms with Crippen LogP contribution in [0.1, 0.15) is 16.1 Å². The van der Waals surface area contributed by atoms with Gasteiger partial charge in [0.25, 0.3) is 5.91 Å². The fourth-order valence-corrected chi connectivity index (χ4v) is 1.51. The zero-order chi connectivity index (χ0) is 12.4.